The van der Waals surface area contributed by atoms with Gasteiger partial charge in [0, 0.05) is 23.9 Å². The second kappa shape index (κ2) is 12.4. The van der Waals surface area contributed by atoms with Crippen molar-refractivity contribution in [3.8, 4) is 5.75 Å². The maximum atomic E-state index is 13.6. The zero-order valence-corrected chi connectivity index (χ0v) is 18.7. The molecule has 1 aromatic carbocycles. The molecule has 2 heterocycles. The number of aliphatic imine (C=N–C) groups is 1. The number of rotatable bonds is 9. The predicted molar refractivity (Wildman–Crippen MR) is 121 cm³/mol. The van der Waals surface area contributed by atoms with E-state index >= 15 is 0 Å². The fourth-order valence-electron chi connectivity index (χ4n) is 2.42. The third kappa shape index (κ3) is 8.01. The maximum Gasteiger partial charge on any atom is 0.191 e. The van der Waals surface area contributed by atoms with Crippen LogP contribution in [0.4, 0.5) is 8.78 Å². The molecule has 3 rings (SSSR count). The second-order valence-corrected chi connectivity index (χ2v) is 6.88. The normalized spacial score (nSPS) is 11.0. The van der Waals surface area contributed by atoms with Gasteiger partial charge in [0.15, 0.2) is 17.5 Å². The van der Waals surface area contributed by atoms with Crippen LogP contribution in [0.2, 0.25) is 0 Å². The number of halogens is 3. The van der Waals surface area contributed by atoms with Crippen molar-refractivity contribution in [3.05, 3.63) is 76.4 Å². The lowest BCUT2D eigenvalue weighted by Gasteiger charge is -2.13. The number of nitrogens with zero attached hydrogens (tertiary/aromatic N) is 1. The number of hydrogen-bond acceptors (Lipinski definition) is 4. The maximum absolute atomic E-state index is 13.6. The van der Waals surface area contributed by atoms with Crippen LogP contribution in [-0.4, -0.2) is 25.7 Å². The van der Waals surface area contributed by atoms with Crippen LogP contribution in [0.1, 0.15) is 10.6 Å². The lowest BCUT2D eigenvalue weighted by molar-refractivity contribution is 0.304. The van der Waals surface area contributed by atoms with E-state index in [0.29, 0.717) is 25.6 Å². The van der Waals surface area contributed by atoms with E-state index < -0.39 is 11.6 Å². The lowest BCUT2D eigenvalue weighted by atomic mass is 10.3. The van der Waals surface area contributed by atoms with Gasteiger partial charge in [-0.2, -0.15) is 0 Å². The first kappa shape index (κ1) is 23.1. The Balaban J connectivity index is 0.00000300. The number of thiophene rings is 1. The Kier molecular flexibility index (Phi) is 9.92. The Morgan fingerprint density at radius 2 is 1.97 bits per heavy atom. The number of nitrogens with one attached hydrogen (secondary N) is 2. The Hall–Kier alpha value is -2.14. The molecule has 0 unspecified atom stereocenters. The van der Waals surface area contributed by atoms with Gasteiger partial charge in [-0.1, -0.05) is 6.07 Å². The van der Waals surface area contributed by atoms with Gasteiger partial charge in [0.05, 0.1) is 19.4 Å². The van der Waals surface area contributed by atoms with Gasteiger partial charge in [-0.15, -0.1) is 35.3 Å². The Bertz CT molecular complexity index is 874. The monoisotopic (exact) mass is 533 g/mol. The highest BCUT2D eigenvalue weighted by Gasteiger charge is 2.05. The minimum absolute atomic E-state index is 0. The number of benzene rings is 1. The fraction of sp³-hybridized carbons (Fsp3) is 0.250. The smallest absolute Gasteiger partial charge is 0.191 e. The molecule has 0 atom stereocenters. The molecule has 2 N–H and O–H groups in total. The summed E-state index contributed by atoms with van der Waals surface area (Å²) in [6.07, 6.45) is 2.37. The molecule has 3 aromatic rings. The summed E-state index contributed by atoms with van der Waals surface area (Å²) in [4.78, 5) is 5.70. The van der Waals surface area contributed by atoms with Gasteiger partial charge in [-0.05, 0) is 35.7 Å². The van der Waals surface area contributed by atoms with Crippen molar-refractivity contribution in [1.29, 1.82) is 0 Å². The number of hydrogen-bond donors (Lipinski definition) is 2. The van der Waals surface area contributed by atoms with Crippen molar-refractivity contribution in [2.45, 2.75) is 13.0 Å². The zero-order chi connectivity index (χ0) is 19.6. The Morgan fingerprint density at radius 3 is 2.69 bits per heavy atom. The first-order chi connectivity index (χ1) is 13.7. The third-order valence-corrected chi connectivity index (χ3v) is 4.62. The van der Waals surface area contributed by atoms with E-state index in [2.05, 4.69) is 15.6 Å². The summed E-state index contributed by atoms with van der Waals surface area (Å²) in [7, 11) is 0. The molecule has 0 fully saturated rings. The van der Waals surface area contributed by atoms with E-state index in [4.69, 9.17) is 9.15 Å². The van der Waals surface area contributed by atoms with Crippen molar-refractivity contribution in [3.63, 3.8) is 0 Å². The highest BCUT2D eigenvalue weighted by molar-refractivity contribution is 14.0. The van der Waals surface area contributed by atoms with Crippen molar-refractivity contribution in [2.75, 3.05) is 19.7 Å². The average molecular weight is 533 g/mol. The van der Waals surface area contributed by atoms with Crippen molar-refractivity contribution >= 4 is 41.3 Å². The topological polar surface area (TPSA) is 58.8 Å². The molecule has 5 nitrogen and oxygen atoms in total. The minimum Gasteiger partial charge on any atom is -0.489 e. The van der Waals surface area contributed by atoms with Gasteiger partial charge in [-0.25, -0.2) is 13.8 Å². The zero-order valence-electron chi connectivity index (χ0n) is 15.6. The van der Waals surface area contributed by atoms with Gasteiger partial charge in [-0.3, -0.25) is 0 Å². The summed E-state index contributed by atoms with van der Waals surface area (Å²) in [5.74, 6) is 0.185. The molecule has 9 heteroatoms. The van der Waals surface area contributed by atoms with E-state index in [0.717, 1.165) is 29.2 Å². The molecule has 0 bridgehead atoms. The van der Waals surface area contributed by atoms with E-state index in [1.807, 2.05) is 29.6 Å². The summed E-state index contributed by atoms with van der Waals surface area (Å²) in [5.41, 5.74) is 0. The highest BCUT2D eigenvalue weighted by atomic mass is 127. The van der Waals surface area contributed by atoms with Crippen LogP contribution in [0.3, 0.4) is 0 Å². The van der Waals surface area contributed by atoms with Crippen LogP contribution in [0.15, 0.2) is 63.5 Å². The lowest BCUT2D eigenvalue weighted by Crippen LogP contribution is -2.40. The number of furan rings is 1. The van der Waals surface area contributed by atoms with Crippen LogP contribution >= 0.6 is 35.3 Å². The molecule has 2 aromatic heterocycles. The molecule has 156 valence electrons. The van der Waals surface area contributed by atoms with Crippen LogP contribution in [0.5, 0.6) is 5.75 Å². The summed E-state index contributed by atoms with van der Waals surface area (Å²) in [5, 5.41) is 8.40. The van der Waals surface area contributed by atoms with Crippen LogP contribution < -0.4 is 15.4 Å². The van der Waals surface area contributed by atoms with E-state index in [9.17, 15) is 8.78 Å². The highest BCUT2D eigenvalue weighted by Crippen LogP contribution is 2.17. The summed E-state index contributed by atoms with van der Waals surface area (Å²) >= 11 is 1.64. The minimum atomic E-state index is -0.719. The molecule has 0 aliphatic rings. The van der Waals surface area contributed by atoms with Crippen LogP contribution in [-0.2, 0) is 13.0 Å². The molecule has 0 aliphatic carbocycles. The number of ether oxygens (including phenoxy) is 1. The van der Waals surface area contributed by atoms with Gasteiger partial charge in [0.2, 0.25) is 0 Å². The van der Waals surface area contributed by atoms with Crippen LogP contribution in [0.25, 0.3) is 0 Å². The standard InChI is InChI=1S/C20H21F2N3O2S.HI/c21-15-5-6-19(18(22)13-15)27-11-9-24-20(25-14-17-4-2-12-28-17)23-8-7-16-3-1-10-26-16;/h1-6,10,12-13H,7-9,11,14H2,(H2,23,24,25);1H. The van der Waals surface area contributed by atoms with Crippen molar-refractivity contribution < 1.29 is 17.9 Å². The summed E-state index contributed by atoms with van der Waals surface area (Å²) < 4.78 is 37.2. The fourth-order valence-corrected chi connectivity index (χ4v) is 3.04. The molecule has 0 saturated heterocycles. The molecule has 0 saturated carbocycles. The third-order valence-electron chi connectivity index (χ3n) is 3.76. The van der Waals surface area contributed by atoms with Crippen molar-refractivity contribution in [2.24, 2.45) is 4.99 Å². The van der Waals surface area contributed by atoms with Gasteiger partial charge in [0.1, 0.15) is 18.2 Å². The van der Waals surface area contributed by atoms with Crippen molar-refractivity contribution in [1.82, 2.24) is 10.6 Å². The molecule has 29 heavy (non-hydrogen) atoms. The largest absolute Gasteiger partial charge is 0.489 e. The van der Waals surface area contributed by atoms with E-state index in [-0.39, 0.29) is 36.3 Å². The number of guanidine groups is 1. The Labute approximate surface area is 189 Å². The molecule has 0 aliphatic heterocycles. The summed E-state index contributed by atoms with van der Waals surface area (Å²) in [6.45, 7) is 1.83. The molecular formula is C20H22F2IN3O2S. The molecule has 0 spiro atoms. The Morgan fingerprint density at radius 1 is 1.10 bits per heavy atom. The second-order valence-electron chi connectivity index (χ2n) is 5.85. The average Bonchev–Trinajstić information content (AvgIpc) is 3.38. The SMILES string of the molecule is Fc1ccc(OCCNC(=NCc2cccs2)NCCc2ccco2)c(F)c1.I. The van der Waals surface area contributed by atoms with E-state index in [1.165, 1.54) is 6.07 Å². The van der Waals surface area contributed by atoms with E-state index in [1.54, 1.807) is 17.6 Å². The summed E-state index contributed by atoms with van der Waals surface area (Å²) in [6, 6.07) is 11.0. The molecule has 0 amide bonds. The molecule has 0 radical (unpaired) electrons. The first-order valence-corrected chi connectivity index (χ1v) is 9.73. The quantitative estimate of drug-likeness (QED) is 0.183. The van der Waals surface area contributed by atoms with Gasteiger partial charge >= 0.3 is 0 Å². The molecular weight excluding hydrogens is 511 g/mol. The first-order valence-electron chi connectivity index (χ1n) is 8.85. The van der Waals surface area contributed by atoms with Gasteiger partial charge < -0.3 is 19.8 Å². The predicted octanol–water partition coefficient (Wildman–Crippen LogP) is 4.59. The van der Waals surface area contributed by atoms with Crippen LogP contribution in [0, 0.1) is 11.6 Å². The van der Waals surface area contributed by atoms with Gasteiger partial charge in [0.25, 0.3) is 0 Å².